The van der Waals surface area contributed by atoms with Gasteiger partial charge in [0.15, 0.2) is 5.76 Å². The Morgan fingerprint density at radius 2 is 2.02 bits per heavy atom. The van der Waals surface area contributed by atoms with E-state index >= 15 is 0 Å². The second-order valence-electron chi connectivity index (χ2n) is 9.45. The fourth-order valence-corrected chi connectivity index (χ4v) is 4.43. The molecule has 1 amide bonds. The number of halogens is 1. The van der Waals surface area contributed by atoms with Gasteiger partial charge in [0.05, 0.1) is 18.5 Å². The molecule has 0 bridgehead atoms. The second kappa shape index (κ2) is 12.1. The zero-order valence-corrected chi connectivity index (χ0v) is 22.2. The van der Waals surface area contributed by atoms with Crippen molar-refractivity contribution in [2.45, 2.75) is 0 Å². The summed E-state index contributed by atoms with van der Waals surface area (Å²) in [4.78, 5) is 30.1. The number of hydrogen-bond acceptors (Lipinski definition) is 12. The van der Waals surface area contributed by atoms with Crippen molar-refractivity contribution in [2.75, 3.05) is 82.0 Å². The van der Waals surface area contributed by atoms with Crippen LogP contribution in [0.5, 0.6) is 5.75 Å². The van der Waals surface area contributed by atoms with Crippen molar-refractivity contribution in [3.05, 3.63) is 42.4 Å². The molecule has 4 aromatic rings. The van der Waals surface area contributed by atoms with Crippen LogP contribution in [0.2, 0.25) is 0 Å². The molecule has 1 fully saturated rings. The van der Waals surface area contributed by atoms with Crippen LogP contribution in [0.1, 0.15) is 0 Å². The molecular formula is C25H32FN11O3. The number of anilines is 3. The minimum Gasteiger partial charge on any atom is -0.492 e. The summed E-state index contributed by atoms with van der Waals surface area (Å²) < 4.78 is 27.2. The summed E-state index contributed by atoms with van der Waals surface area (Å²) in [5.41, 5.74) is 11.8. The Morgan fingerprint density at radius 3 is 2.75 bits per heavy atom. The van der Waals surface area contributed by atoms with E-state index < -0.39 is 5.91 Å². The van der Waals surface area contributed by atoms with Crippen LogP contribution < -0.4 is 26.4 Å². The molecule has 5 rings (SSSR count). The number of amides is 1. The molecule has 15 heteroatoms. The molecule has 14 nitrogen and oxygen atoms in total. The number of benzene rings is 1. The number of carbonyl (C=O) groups excluding carboxylic acids is 1. The maximum absolute atomic E-state index is 14.8. The number of ether oxygens (including phenoxy) is 1. The lowest BCUT2D eigenvalue weighted by molar-refractivity contribution is -0.118. The van der Waals surface area contributed by atoms with Gasteiger partial charge in [0.25, 0.3) is 5.78 Å². The van der Waals surface area contributed by atoms with Crippen LogP contribution in [0, 0.1) is 5.82 Å². The zero-order chi connectivity index (χ0) is 28.1. The van der Waals surface area contributed by atoms with E-state index in [-0.39, 0.29) is 18.3 Å². The maximum Gasteiger partial charge on any atom is 0.259 e. The topological polar surface area (TPSA) is 169 Å². The lowest BCUT2D eigenvalue weighted by Crippen LogP contribution is -2.48. The summed E-state index contributed by atoms with van der Waals surface area (Å²) >= 11 is 0. The number of piperazine rings is 1. The third-order valence-corrected chi connectivity index (χ3v) is 6.49. The standard InChI is InChI=1S/C25H32FN11O3/c1-34(16-21(27)38)12-14-39-17-4-5-19(18(26)15-17)36-10-8-35(9-11-36)7-6-29-24-31-23(28)37-25(32-24)30-22(33-37)20-3-2-13-40-20/h2-5,13,15H,6-12,14,16H2,1H3,(H2,27,38)(H3,28,29,30,31,32,33). The molecule has 1 aliphatic heterocycles. The van der Waals surface area contributed by atoms with E-state index in [4.69, 9.17) is 20.6 Å². The molecule has 1 saturated heterocycles. The van der Waals surface area contributed by atoms with Crippen LogP contribution in [0.4, 0.5) is 22.0 Å². The average molecular weight is 554 g/mol. The number of carbonyl (C=O) groups is 1. The van der Waals surface area contributed by atoms with Gasteiger partial charge in [-0.3, -0.25) is 14.6 Å². The summed E-state index contributed by atoms with van der Waals surface area (Å²) in [5, 5.41) is 7.49. The first-order chi connectivity index (χ1) is 19.4. The average Bonchev–Trinajstić information content (AvgIpc) is 3.60. The van der Waals surface area contributed by atoms with Crippen molar-refractivity contribution in [2.24, 2.45) is 5.73 Å². The summed E-state index contributed by atoms with van der Waals surface area (Å²) in [5.74, 6) is 1.47. The minimum atomic E-state index is -0.404. The fraction of sp³-hybridized carbons (Fsp3) is 0.400. The van der Waals surface area contributed by atoms with Gasteiger partial charge in [0.1, 0.15) is 18.2 Å². The van der Waals surface area contributed by atoms with Crippen LogP contribution in [0.15, 0.2) is 41.0 Å². The normalized spacial score (nSPS) is 14.2. The fourth-order valence-electron chi connectivity index (χ4n) is 4.43. The Labute approximate surface area is 229 Å². The summed E-state index contributed by atoms with van der Waals surface area (Å²) in [6.07, 6.45) is 1.55. The van der Waals surface area contributed by atoms with Crippen molar-refractivity contribution >= 4 is 29.3 Å². The Balaban J connectivity index is 1.07. The molecular weight excluding hydrogens is 521 g/mol. The minimum absolute atomic E-state index is 0.147. The van der Waals surface area contributed by atoms with Crippen LogP contribution >= 0.6 is 0 Å². The number of rotatable bonds is 12. The number of nitrogen functional groups attached to an aromatic ring is 1. The van der Waals surface area contributed by atoms with Gasteiger partial charge in [-0.1, -0.05) is 0 Å². The molecule has 3 aromatic heterocycles. The van der Waals surface area contributed by atoms with E-state index in [0.29, 0.717) is 67.5 Å². The number of furan rings is 1. The van der Waals surface area contributed by atoms with E-state index in [9.17, 15) is 9.18 Å². The molecule has 212 valence electrons. The first kappa shape index (κ1) is 27.1. The number of nitrogens with zero attached hydrogens (tertiary/aromatic N) is 8. The summed E-state index contributed by atoms with van der Waals surface area (Å²) in [6, 6.07) is 8.42. The molecule has 1 aliphatic rings. The Hall–Kier alpha value is -4.50. The highest BCUT2D eigenvalue weighted by Crippen LogP contribution is 2.25. The van der Waals surface area contributed by atoms with Gasteiger partial charge in [0, 0.05) is 51.9 Å². The number of fused-ring (bicyclic) bond motifs is 1. The Kier molecular flexibility index (Phi) is 8.21. The number of likely N-dealkylation sites (N-methyl/N-ethyl adjacent to an activating group) is 1. The molecule has 5 N–H and O–H groups in total. The summed E-state index contributed by atoms with van der Waals surface area (Å²) in [7, 11) is 1.77. The third-order valence-electron chi connectivity index (χ3n) is 6.49. The highest BCUT2D eigenvalue weighted by Gasteiger charge is 2.20. The van der Waals surface area contributed by atoms with E-state index in [1.807, 2.05) is 4.90 Å². The molecule has 0 atom stereocenters. The first-order valence-corrected chi connectivity index (χ1v) is 12.9. The molecule has 4 heterocycles. The molecule has 0 aliphatic carbocycles. The van der Waals surface area contributed by atoms with Gasteiger partial charge in [-0.2, -0.15) is 19.5 Å². The smallest absolute Gasteiger partial charge is 0.259 e. The van der Waals surface area contributed by atoms with E-state index in [1.165, 1.54) is 10.6 Å². The van der Waals surface area contributed by atoms with E-state index in [0.717, 1.165) is 19.6 Å². The predicted octanol–water partition coefficient (Wildman–Crippen LogP) is 0.531. The summed E-state index contributed by atoms with van der Waals surface area (Å²) in [6.45, 7) is 5.29. The highest BCUT2D eigenvalue weighted by molar-refractivity contribution is 5.75. The second-order valence-corrected chi connectivity index (χ2v) is 9.45. The van der Waals surface area contributed by atoms with Crippen molar-refractivity contribution in [1.29, 1.82) is 0 Å². The van der Waals surface area contributed by atoms with Crippen LogP contribution in [-0.2, 0) is 4.79 Å². The van der Waals surface area contributed by atoms with Crippen molar-refractivity contribution in [1.82, 2.24) is 34.4 Å². The van der Waals surface area contributed by atoms with E-state index in [1.54, 1.807) is 42.5 Å². The molecule has 1 aromatic carbocycles. The highest BCUT2D eigenvalue weighted by atomic mass is 19.1. The lowest BCUT2D eigenvalue weighted by atomic mass is 10.2. The number of hydrogen-bond donors (Lipinski definition) is 3. The van der Waals surface area contributed by atoms with Crippen LogP contribution in [-0.4, -0.2) is 106 Å². The number of primary amides is 1. The Morgan fingerprint density at radius 1 is 1.20 bits per heavy atom. The maximum atomic E-state index is 14.8. The van der Waals surface area contributed by atoms with Crippen molar-refractivity contribution in [3.63, 3.8) is 0 Å². The SMILES string of the molecule is CN(CCOc1ccc(N2CCN(CCNc3nc(N)n4nc(-c5ccco5)nc4n3)CC2)c(F)c1)CC(N)=O. The van der Waals surface area contributed by atoms with Crippen molar-refractivity contribution < 1.29 is 18.3 Å². The lowest BCUT2D eigenvalue weighted by Gasteiger charge is -2.36. The molecule has 0 spiro atoms. The van der Waals surface area contributed by atoms with E-state index in [2.05, 4.69) is 30.3 Å². The van der Waals surface area contributed by atoms with Gasteiger partial charge >= 0.3 is 0 Å². The predicted molar refractivity (Wildman–Crippen MR) is 146 cm³/mol. The zero-order valence-electron chi connectivity index (χ0n) is 22.2. The Bertz CT molecular complexity index is 1440. The van der Waals surface area contributed by atoms with Gasteiger partial charge in [0.2, 0.25) is 23.6 Å². The monoisotopic (exact) mass is 553 g/mol. The number of nitrogens with one attached hydrogen (secondary N) is 1. The molecule has 0 unspecified atom stereocenters. The largest absolute Gasteiger partial charge is 0.492 e. The van der Waals surface area contributed by atoms with Gasteiger partial charge in [-0.25, -0.2) is 4.39 Å². The first-order valence-electron chi connectivity index (χ1n) is 12.9. The number of nitrogens with two attached hydrogens (primary N) is 2. The van der Waals surface area contributed by atoms with Crippen LogP contribution in [0.25, 0.3) is 17.4 Å². The van der Waals surface area contributed by atoms with Crippen LogP contribution in [0.3, 0.4) is 0 Å². The molecule has 0 saturated carbocycles. The quantitative estimate of drug-likeness (QED) is 0.223. The van der Waals surface area contributed by atoms with Gasteiger partial charge in [-0.05, 0) is 31.3 Å². The molecule has 40 heavy (non-hydrogen) atoms. The van der Waals surface area contributed by atoms with Gasteiger partial charge < -0.3 is 30.8 Å². The number of aromatic nitrogens is 5. The third kappa shape index (κ3) is 6.55. The molecule has 0 radical (unpaired) electrons. The van der Waals surface area contributed by atoms with Crippen molar-refractivity contribution in [3.8, 4) is 17.3 Å². The van der Waals surface area contributed by atoms with Gasteiger partial charge in [-0.15, -0.1) is 5.10 Å².